The molecule has 1 aromatic carbocycles. The van der Waals surface area contributed by atoms with Gasteiger partial charge in [0.1, 0.15) is 23.8 Å². The Kier molecular flexibility index (Phi) is 5.47. The quantitative estimate of drug-likeness (QED) is 0.339. The van der Waals surface area contributed by atoms with E-state index in [1.807, 2.05) is 18.2 Å². The molecule has 1 saturated heterocycles. The van der Waals surface area contributed by atoms with E-state index in [1.54, 1.807) is 0 Å². The number of hydrogen-bond acceptors (Lipinski definition) is 9. The summed E-state index contributed by atoms with van der Waals surface area (Å²) in [5.74, 6) is 1.01. The Labute approximate surface area is 165 Å². The zero-order valence-electron chi connectivity index (χ0n) is 14.9. The molecule has 28 heavy (non-hydrogen) atoms. The van der Waals surface area contributed by atoms with Crippen LogP contribution in [0.3, 0.4) is 0 Å². The van der Waals surface area contributed by atoms with E-state index in [2.05, 4.69) is 27.1 Å². The van der Waals surface area contributed by atoms with Gasteiger partial charge in [-0.2, -0.15) is 0 Å². The molecule has 0 radical (unpaired) electrons. The maximum atomic E-state index is 10.3. The van der Waals surface area contributed by atoms with Gasteiger partial charge in [0.25, 0.3) is 0 Å². The SMILES string of the molecule is Nc1nc(SCCc2ccccc2)nc2c1ncn2C1O[C@H](CO)[C@@H](O)[C@H]1O. The highest BCUT2D eigenvalue weighted by molar-refractivity contribution is 7.99. The van der Waals surface area contributed by atoms with Crippen LogP contribution in [0.25, 0.3) is 11.2 Å². The Hall–Kier alpha value is -2.24. The number of benzene rings is 1. The summed E-state index contributed by atoms with van der Waals surface area (Å²) < 4.78 is 7.08. The zero-order valence-corrected chi connectivity index (χ0v) is 15.7. The van der Waals surface area contributed by atoms with Crippen LogP contribution in [0.5, 0.6) is 0 Å². The number of nitrogens with zero attached hydrogens (tertiary/aromatic N) is 4. The summed E-state index contributed by atoms with van der Waals surface area (Å²) >= 11 is 1.47. The van der Waals surface area contributed by atoms with E-state index >= 15 is 0 Å². The summed E-state index contributed by atoms with van der Waals surface area (Å²) in [6.07, 6.45) is -1.92. The van der Waals surface area contributed by atoms with Crippen LogP contribution in [0, 0.1) is 0 Å². The summed E-state index contributed by atoms with van der Waals surface area (Å²) in [5.41, 5.74) is 8.06. The van der Waals surface area contributed by atoms with Crippen molar-refractivity contribution in [3.63, 3.8) is 0 Å². The van der Waals surface area contributed by atoms with Gasteiger partial charge in [-0.3, -0.25) is 4.57 Å². The number of rotatable bonds is 6. The number of imidazole rings is 1. The Morgan fingerprint density at radius 2 is 1.93 bits per heavy atom. The lowest BCUT2D eigenvalue weighted by Crippen LogP contribution is -2.33. The first-order valence-electron chi connectivity index (χ1n) is 8.87. The van der Waals surface area contributed by atoms with Gasteiger partial charge in [0, 0.05) is 5.75 Å². The average molecular weight is 403 g/mol. The van der Waals surface area contributed by atoms with Crippen LogP contribution in [-0.4, -0.2) is 65.5 Å². The molecule has 5 N–H and O–H groups in total. The lowest BCUT2D eigenvalue weighted by Gasteiger charge is -2.16. The molecule has 1 aliphatic rings. The van der Waals surface area contributed by atoms with Crippen molar-refractivity contribution < 1.29 is 20.1 Å². The van der Waals surface area contributed by atoms with Crippen LogP contribution in [0.15, 0.2) is 41.8 Å². The van der Waals surface area contributed by atoms with Crippen molar-refractivity contribution in [2.45, 2.75) is 36.1 Å². The molecular weight excluding hydrogens is 382 g/mol. The monoisotopic (exact) mass is 403 g/mol. The van der Waals surface area contributed by atoms with Crippen molar-refractivity contribution in [2.75, 3.05) is 18.1 Å². The predicted octanol–water partition coefficient (Wildman–Crippen LogP) is 0.355. The fourth-order valence-corrected chi connectivity index (χ4v) is 4.02. The zero-order chi connectivity index (χ0) is 19.7. The van der Waals surface area contributed by atoms with Gasteiger partial charge in [0.05, 0.1) is 12.9 Å². The third-order valence-electron chi connectivity index (χ3n) is 4.68. The number of aliphatic hydroxyl groups excluding tert-OH is 3. The minimum atomic E-state index is -1.22. The highest BCUT2D eigenvalue weighted by Gasteiger charge is 2.44. The molecule has 1 fully saturated rings. The molecule has 0 aliphatic carbocycles. The van der Waals surface area contributed by atoms with Gasteiger partial charge < -0.3 is 25.8 Å². The normalized spacial score (nSPS) is 24.8. The standard InChI is InChI=1S/C18H21N5O4S/c19-15-12-16(22-18(21-15)28-7-6-10-4-2-1-3-5-10)23(9-20-12)17-14(26)13(25)11(8-24)27-17/h1-5,9,11,13-14,17,24-26H,6-8H2,(H2,19,21,22)/t11-,13-,14-,17?/m1/s1. The van der Waals surface area contributed by atoms with Gasteiger partial charge in [0.15, 0.2) is 22.8 Å². The summed E-state index contributed by atoms with van der Waals surface area (Å²) in [5, 5.41) is 30.1. The van der Waals surface area contributed by atoms with E-state index in [0.717, 1.165) is 12.2 Å². The fourth-order valence-electron chi connectivity index (χ4n) is 3.18. The van der Waals surface area contributed by atoms with Crippen molar-refractivity contribution in [1.29, 1.82) is 0 Å². The van der Waals surface area contributed by atoms with Gasteiger partial charge in [-0.1, -0.05) is 42.1 Å². The molecule has 4 rings (SSSR count). The van der Waals surface area contributed by atoms with Crippen LogP contribution in [0.2, 0.25) is 0 Å². The van der Waals surface area contributed by atoms with Crippen molar-refractivity contribution in [3.05, 3.63) is 42.2 Å². The van der Waals surface area contributed by atoms with Gasteiger partial charge in [-0.05, 0) is 12.0 Å². The van der Waals surface area contributed by atoms with Crippen molar-refractivity contribution >= 4 is 28.7 Å². The number of thioether (sulfide) groups is 1. The second-order valence-electron chi connectivity index (χ2n) is 6.53. The Balaban J connectivity index is 1.56. The lowest BCUT2D eigenvalue weighted by atomic mass is 10.1. The van der Waals surface area contributed by atoms with Gasteiger partial charge >= 0.3 is 0 Å². The topological polar surface area (TPSA) is 140 Å². The molecular formula is C18H21N5O4S. The minimum absolute atomic E-state index is 0.234. The lowest BCUT2D eigenvalue weighted by molar-refractivity contribution is -0.0511. The van der Waals surface area contributed by atoms with Crippen molar-refractivity contribution in [1.82, 2.24) is 19.5 Å². The van der Waals surface area contributed by atoms with Gasteiger partial charge in [0.2, 0.25) is 0 Å². The smallest absolute Gasteiger partial charge is 0.191 e. The number of aryl methyl sites for hydroxylation is 1. The first kappa shape index (κ1) is 19.1. The van der Waals surface area contributed by atoms with Crippen molar-refractivity contribution in [3.8, 4) is 0 Å². The maximum absolute atomic E-state index is 10.3. The molecule has 0 saturated carbocycles. The number of fused-ring (bicyclic) bond motifs is 1. The van der Waals surface area contributed by atoms with E-state index in [-0.39, 0.29) is 5.82 Å². The van der Waals surface area contributed by atoms with Crippen LogP contribution >= 0.6 is 11.8 Å². The second-order valence-corrected chi connectivity index (χ2v) is 7.59. The number of aliphatic hydroxyl groups is 3. The third kappa shape index (κ3) is 3.56. The number of nitrogens with two attached hydrogens (primary N) is 1. The molecule has 0 bridgehead atoms. The molecule has 1 unspecified atom stereocenters. The Morgan fingerprint density at radius 1 is 1.14 bits per heavy atom. The third-order valence-corrected chi connectivity index (χ3v) is 5.53. The highest BCUT2D eigenvalue weighted by Crippen LogP contribution is 2.32. The molecule has 2 aromatic heterocycles. The van der Waals surface area contributed by atoms with E-state index in [1.165, 1.54) is 28.2 Å². The van der Waals surface area contributed by atoms with E-state index in [4.69, 9.17) is 10.5 Å². The van der Waals surface area contributed by atoms with Gasteiger partial charge in [-0.15, -0.1) is 0 Å². The summed E-state index contributed by atoms with van der Waals surface area (Å²) in [6, 6.07) is 10.1. The minimum Gasteiger partial charge on any atom is -0.394 e. The highest BCUT2D eigenvalue weighted by atomic mass is 32.2. The summed E-state index contributed by atoms with van der Waals surface area (Å²) in [6.45, 7) is -0.404. The molecule has 0 amide bonds. The van der Waals surface area contributed by atoms with E-state index in [0.29, 0.717) is 16.3 Å². The number of nitrogen functional groups attached to an aromatic ring is 1. The molecule has 10 heteroatoms. The molecule has 0 spiro atoms. The van der Waals surface area contributed by atoms with Crippen LogP contribution in [0.4, 0.5) is 5.82 Å². The number of anilines is 1. The molecule has 3 aromatic rings. The van der Waals surface area contributed by atoms with E-state index in [9.17, 15) is 15.3 Å². The molecule has 9 nitrogen and oxygen atoms in total. The average Bonchev–Trinajstić information content (AvgIpc) is 3.24. The second kappa shape index (κ2) is 8.02. The summed E-state index contributed by atoms with van der Waals surface area (Å²) in [4.78, 5) is 13.0. The molecule has 148 valence electrons. The Morgan fingerprint density at radius 3 is 2.64 bits per heavy atom. The first-order valence-corrected chi connectivity index (χ1v) is 9.86. The van der Waals surface area contributed by atoms with Gasteiger partial charge in [-0.25, -0.2) is 15.0 Å². The first-order chi connectivity index (χ1) is 13.6. The molecule has 4 atom stereocenters. The predicted molar refractivity (Wildman–Crippen MR) is 104 cm³/mol. The molecule has 3 heterocycles. The number of aromatic nitrogens is 4. The molecule has 1 aliphatic heterocycles. The Bertz CT molecular complexity index is 954. The van der Waals surface area contributed by atoms with Crippen LogP contribution in [-0.2, 0) is 11.2 Å². The number of hydrogen-bond donors (Lipinski definition) is 4. The van der Waals surface area contributed by atoms with Crippen LogP contribution < -0.4 is 5.73 Å². The number of ether oxygens (including phenoxy) is 1. The summed E-state index contributed by atoms with van der Waals surface area (Å²) in [7, 11) is 0. The fraction of sp³-hybridized carbons (Fsp3) is 0.389. The van der Waals surface area contributed by atoms with Crippen LogP contribution in [0.1, 0.15) is 11.8 Å². The maximum Gasteiger partial charge on any atom is 0.191 e. The van der Waals surface area contributed by atoms with Crippen molar-refractivity contribution in [2.24, 2.45) is 0 Å². The largest absolute Gasteiger partial charge is 0.394 e. The van der Waals surface area contributed by atoms with E-state index < -0.39 is 31.1 Å².